The van der Waals surface area contributed by atoms with E-state index >= 15 is 0 Å². The molecule has 1 aliphatic rings. The number of ether oxygens (including phenoxy) is 2. The van der Waals surface area contributed by atoms with Gasteiger partial charge >= 0.3 is 0 Å². The summed E-state index contributed by atoms with van der Waals surface area (Å²) < 4.78 is 10.6. The second-order valence-corrected chi connectivity index (χ2v) is 6.86. The molecule has 0 aromatic heterocycles. The molecule has 1 aromatic carbocycles. The summed E-state index contributed by atoms with van der Waals surface area (Å²) in [6, 6.07) is 5.58. The van der Waals surface area contributed by atoms with E-state index in [2.05, 4.69) is 31.8 Å². The van der Waals surface area contributed by atoms with Crippen molar-refractivity contribution in [1.29, 1.82) is 0 Å². The van der Waals surface area contributed by atoms with Gasteiger partial charge in [0.05, 0.1) is 25.9 Å². The fourth-order valence-corrected chi connectivity index (χ4v) is 3.24. The molecule has 1 atom stereocenters. The Morgan fingerprint density at radius 3 is 2.71 bits per heavy atom. The van der Waals surface area contributed by atoms with Crippen LogP contribution in [0.4, 0.5) is 0 Å². The van der Waals surface area contributed by atoms with Crippen LogP contribution in [0, 0.1) is 17.3 Å². The molecule has 3 nitrogen and oxygen atoms in total. The van der Waals surface area contributed by atoms with E-state index in [9.17, 15) is 5.11 Å². The first-order chi connectivity index (χ1) is 11.5. The molecule has 0 spiro atoms. The minimum atomic E-state index is -0.401. The maximum absolute atomic E-state index is 10.5. The lowest BCUT2D eigenvalue weighted by atomic mass is 9.73. The quantitative estimate of drug-likeness (QED) is 0.646. The van der Waals surface area contributed by atoms with Gasteiger partial charge in [0.25, 0.3) is 0 Å². The zero-order valence-electron chi connectivity index (χ0n) is 15.2. The highest BCUT2D eigenvalue weighted by Gasteiger charge is 2.29. The zero-order valence-corrected chi connectivity index (χ0v) is 15.2. The van der Waals surface area contributed by atoms with Crippen molar-refractivity contribution >= 4 is 0 Å². The predicted octanol–water partition coefficient (Wildman–Crippen LogP) is 4.33. The van der Waals surface area contributed by atoms with E-state index < -0.39 is 6.10 Å². The third-order valence-electron chi connectivity index (χ3n) is 4.68. The number of allylic oxidation sites excluding steroid dienone is 1. The first-order valence-electron chi connectivity index (χ1n) is 8.57. The molecule has 0 bridgehead atoms. The summed E-state index contributed by atoms with van der Waals surface area (Å²) in [6.45, 7) is 4.43. The molecule has 0 amide bonds. The summed E-state index contributed by atoms with van der Waals surface area (Å²) in [7, 11) is 3.27. The summed E-state index contributed by atoms with van der Waals surface area (Å²) >= 11 is 0. The first-order valence-corrected chi connectivity index (χ1v) is 8.57. The number of hydrogen-bond donors (Lipinski definition) is 1. The molecule has 0 fully saturated rings. The van der Waals surface area contributed by atoms with Crippen LogP contribution in [0.1, 0.15) is 51.5 Å². The van der Waals surface area contributed by atoms with Crippen molar-refractivity contribution in [3.63, 3.8) is 0 Å². The number of aliphatic hydroxyl groups excluding tert-OH is 1. The van der Waals surface area contributed by atoms with Crippen LogP contribution in [0.2, 0.25) is 0 Å². The first kappa shape index (κ1) is 18.4. The summed E-state index contributed by atoms with van der Waals surface area (Å²) in [6.07, 6.45) is 6.54. The topological polar surface area (TPSA) is 38.7 Å². The van der Waals surface area contributed by atoms with Gasteiger partial charge in [-0.25, -0.2) is 0 Å². The molecule has 0 saturated heterocycles. The number of rotatable bonds is 5. The van der Waals surface area contributed by atoms with Crippen LogP contribution in [0.15, 0.2) is 29.8 Å². The van der Waals surface area contributed by atoms with E-state index in [0.29, 0.717) is 12.8 Å². The molecule has 0 saturated carbocycles. The van der Waals surface area contributed by atoms with Crippen molar-refractivity contribution in [3.05, 3.63) is 35.4 Å². The molecule has 1 aliphatic carbocycles. The highest BCUT2D eigenvalue weighted by atomic mass is 16.5. The van der Waals surface area contributed by atoms with Crippen molar-refractivity contribution in [1.82, 2.24) is 0 Å². The molecule has 0 unspecified atom stereocenters. The maximum atomic E-state index is 10.5. The Labute approximate surface area is 145 Å². The van der Waals surface area contributed by atoms with Crippen LogP contribution < -0.4 is 9.47 Å². The average Bonchev–Trinajstić information content (AvgIpc) is 2.57. The van der Waals surface area contributed by atoms with Crippen molar-refractivity contribution in [2.75, 3.05) is 14.2 Å². The summed E-state index contributed by atoms with van der Waals surface area (Å²) in [5.74, 6) is 7.78. The van der Waals surface area contributed by atoms with Crippen LogP contribution in [-0.4, -0.2) is 25.4 Å². The molecule has 1 aromatic rings. The Balaban J connectivity index is 2.00. The Morgan fingerprint density at radius 2 is 2.04 bits per heavy atom. The van der Waals surface area contributed by atoms with Gasteiger partial charge < -0.3 is 14.6 Å². The lowest BCUT2D eigenvalue weighted by molar-refractivity contribution is 0.164. The molecule has 0 heterocycles. The van der Waals surface area contributed by atoms with Gasteiger partial charge in [0.1, 0.15) is 11.5 Å². The highest BCUT2D eigenvalue weighted by molar-refractivity contribution is 5.50. The van der Waals surface area contributed by atoms with Crippen molar-refractivity contribution in [3.8, 4) is 23.3 Å². The zero-order chi connectivity index (χ0) is 17.6. The maximum Gasteiger partial charge on any atom is 0.134 e. The SMILES string of the molecule is COc1ccc(OC)c(C#CCC[C@@H](O)C2=CCCCC2(C)C)c1. The van der Waals surface area contributed by atoms with E-state index in [1.807, 2.05) is 18.2 Å². The normalized spacial score (nSPS) is 17.3. The predicted molar refractivity (Wildman–Crippen MR) is 97.4 cm³/mol. The van der Waals surface area contributed by atoms with E-state index in [1.54, 1.807) is 14.2 Å². The van der Waals surface area contributed by atoms with Gasteiger partial charge in [0.15, 0.2) is 0 Å². The number of hydrogen-bond acceptors (Lipinski definition) is 3. The second kappa shape index (κ2) is 8.26. The van der Waals surface area contributed by atoms with E-state index in [4.69, 9.17) is 9.47 Å². The lowest BCUT2D eigenvalue weighted by Crippen LogP contribution is -2.27. The van der Waals surface area contributed by atoms with Gasteiger partial charge in [-0.3, -0.25) is 0 Å². The monoisotopic (exact) mass is 328 g/mol. The van der Waals surface area contributed by atoms with Gasteiger partial charge in [0.2, 0.25) is 0 Å². The van der Waals surface area contributed by atoms with Gasteiger partial charge in [-0.15, -0.1) is 0 Å². The molecule has 2 rings (SSSR count). The molecular weight excluding hydrogens is 300 g/mol. The van der Waals surface area contributed by atoms with E-state index in [-0.39, 0.29) is 5.41 Å². The summed E-state index contributed by atoms with van der Waals surface area (Å²) in [5, 5.41) is 10.5. The third-order valence-corrected chi connectivity index (χ3v) is 4.68. The van der Waals surface area contributed by atoms with Crippen LogP contribution >= 0.6 is 0 Å². The Morgan fingerprint density at radius 1 is 1.25 bits per heavy atom. The standard InChI is InChI=1S/C21H28O3/c1-21(2)14-8-7-10-18(21)19(22)11-6-5-9-16-15-17(23-3)12-13-20(16)24-4/h10,12-13,15,19,22H,6-8,11,14H2,1-4H3/t19-/m1/s1. The minimum Gasteiger partial charge on any atom is -0.497 e. The fourth-order valence-electron chi connectivity index (χ4n) is 3.24. The van der Waals surface area contributed by atoms with Crippen LogP contribution in [-0.2, 0) is 0 Å². The minimum absolute atomic E-state index is 0.0983. The van der Waals surface area contributed by atoms with Crippen molar-refractivity contribution in [2.45, 2.75) is 52.1 Å². The molecule has 130 valence electrons. The Bertz CT molecular complexity index is 647. The lowest BCUT2D eigenvalue weighted by Gasteiger charge is -2.34. The number of methoxy groups -OCH3 is 2. The van der Waals surface area contributed by atoms with Crippen LogP contribution in [0.5, 0.6) is 11.5 Å². The Hall–Kier alpha value is -1.92. The fraction of sp³-hybridized carbons (Fsp3) is 0.524. The number of benzene rings is 1. The molecular formula is C21H28O3. The van der Waals surface area contributed by atoms with Gasteiger partial charge in [-0.05, 0) is 54.9 Å². The summed E-state index contributed by atoms with van der Waals surface area (Å²) in [4.78, 5) is 0. The van der Waals surface area contributed by atoms with Gasteiger partial charge in [0, 0.05) is 6.42 Å². The average molecular weight is 328 g/mol. The number of aliphatic hydroxyl groups is 1. The second-order valence-electron chi connectivity index (χ2n) is 6.86. The smallest absolute Gasteiger partial charge is 0.134 e. The molecule has 1 N–H and O–H groups in total. The Kier molecular flexibility index (Phi) is 6.34. The highest BCUT2D eigenvalue weighted by Crippen LogP contribution is 2.39. The van der Waals surface area contributed by atoms with E-state index in [0.717, 1.165) is 29.9 Å². The van der Waals surface area contributed by atoms with Crippen LogP contribution in [0.25, 0.3) is 0 Å². The van der Waals surface area contributed by atoms with Gasteiger partial charge in [-0.2, -0.15) is 0 Å². The molecule has 24 heavy (non-hydrogen) atoms. The molecule has 0 aliphatic heterocycles. The van der Waals surface area contributed by atoms with Gasteiger partial charge in [-0.1, -0.05) is 31.8 Å². The van der Waals surface area contributed by atoms with E-state index in [1.165, 1.54) is 12.0 Å². The molecule has 0 radical (unpaired) electrons. The largest absolute Gasteiger partial charge is 0.497 e. The third kappa shape index (κ3) is 4.55. The molecule has 3 heteroatoms. The summed E-state index contributed by atoms with van der Waals surface area (Å²) in [5.41, 5.74) is 2.08. The van der Waals surface area contributed by atoms with Crippen molar-refractivity contribution < 1.29 is 14.6 Å². The van der Waals surface area contributed by atoms with Crippen molar-refractivity contribution in [2.24, 2.45) is 5.41 Å². The van der Waals surface area contributed by atoms with Crippen LogP contribution in [0.3, 0.4) is 0 Å².